The van der Waals surface area contributed by atoms with Crippen molar-refractivity contribution in [3.05, 3.63) is 0 Å². The van der Waals surface area contributed by atoms with Gasteiger partial charge in [-0.25, -0.2) is 0 Å². The minimum Gasteiger partial charge on any atom is -0.300 e. The van der Waals surface area contributed by atoms with Gasteiger partial charge in [0.05, 0.1) is 0 Å². The molecule has 102 valence electrons. The Morgan fingerprint density at radius 2 is 1.39 bits per heavy atom. The molecule has 0 atom stereocenters. The van der Waals surface area contributed by atoms with Gasteiger partial charge in [0.25, 0.3) is 0 Å². The fourth-order valence-corrected chi connectivity index (χ4v) is 6.31. The molecular weight excluding hydrogens is 218 g/mol. The van der Waals surface area contributed by atoms with Gasteiger partial charge in [-0.05, 0) is 82.1 Å². The summed E-state index contributed by atoms with van der Waals surface area (Å²) in [5.41, 5.74) is 0.650. The minimum absolute atomic E-state index is 0.650. The molecule has 1 heteroatoms. The second kappa shape index (κ2) is 4.23. The van der Waals surface area contributed by atoms with Crippen molar-refractivity contribution in [1.82, 2.24) is 4.90 Å². The molecule has 18 heavy (non-hydrogen) atoms. The van der Waals surface area contributed by atoms with Gasteiger partial charge in [0.15, 0.2) is 0 Å². The SMILES string of the molecule is CN(CC1CCCC1)C12CC3CC(CC(C3)C1)C2. The van der Waals surface area contributed by atoms with Gasteiger partial charge in [0, 0.05) is 12.1 Å². The highest BCUT2D eigenvalue weighted by molar-refractivity contribution is 5.07. The van der Waals surface area contributed by atoms with Crippen LogP contribution in [0.25, 0.3) is 0 Å². The predicted octanol–water partition coefficient (Wildman–Crippen LogP) is 4.08. The third-order valence-corrected chi connectivity index (χ3v) is 6.82. The molecule has 0 aliphatic heterocycles. The number of rotatable bonds is 3. The van der Waals surface area contributed by atoms with Crippen molar-refractivity contribution in [2.24, 2.45) is 23.7 Å². The van der Waals surface area contributed by atoms with Crippen LogP contribution in [0.1, 0.15) is 64.2 Å². The van der Waals surface area contributed by atoms with E-state index in [1.807, 2.05) is 0 Å². The maximum atomic E-state index is 2.84. The molecule has 0 unspecified atom stereocenters. The summed E-state index contributed by atoms with van der Waals surface area (Å²) >= 11 is 0. The highest BCUT2D eigenvalue weighted by atomic mass is 15.2. The van der Waals surface area contributed by atoms with Crippen molar-refractivity contribution in [3.63, 3.8) is 0 Å². The molecule has 0 spiro atoms. The lowest BCUT2D eigenvalue weighted by Gasteiger charge is -2.60. The maximum absolute atomic E-state index is 2.84. The molecule has 0 aromatic rings. The molecule has 0 radical (unpaired) electrons. The Bertz CT molecular complexity index is 280. The lowest BCUT2D eigenvalue weighted by molar-refractivity contribution is -0.0829. The number of hydrogen-bond acceptors (Lipinski definition) is 1. The number of hydrogen-bond donors (Lipinski definition) is 0. The smallest absolute Gasteiger partial charge is 0.0214 e. The third-order valence-electron chi connectivity index (χ3n) is 6.82. The van der Waals surface area contributed by atoms with Crippen LogP contribution in [0.4, 0.5) is 0 Å². The van der Waals surface area contributed by atoms with Crippen LogP contribution >= 0.6 is 0 Å². The van der Waals surface area contributed by atoms with E-state index >= 15 is 0 Å². The molecule has 4 bridgehead atoms. The minimum atomic E-state index is 0.650. The summed E-state index contributed by atoms with van der Waals surface area (Å²) in [6, 6.07) is 0. The van der Waals surface area contributed by atoms with Gasteiger partial charge in [-0.2, -0.15) is 0 Å². The molecule has 1 nitrogen and oxygen atoms in total. The second-order valence-corrected chi connectivity index (χ2v) is 8.17. The van der Waals surface area contributed by atoms with Crippen molar-refractivity contribution in [2.75, 3.05) is 13.6 Å². The van der Waals surface area contributed by atoms with E-state index in [-0.39, 0.29) is 0 Å². The molecular formula is C17H29N. The summed E-state index contributed by atoms with van der Waals surface area (Å²) in [7, 11) is 2.46. The average molecular weight is 247 g/mol. The van der Waals surface area contributed by atoms with Crippen molar-refractivity contribution in [3.8, 4) is 0 Å². The predicted molar refractivity (Wildman–Crippen MR) is 75.5 cm³/mol. The molecule has 5 saturated carbocycles. The maximum Gasteiger partial charge on any atom is 0.0214 e. The van der Waals surface area contributed by atoms with E-state index in [4.69, 9.17) is 0 Å². The lowest BCUT2D eigenvalue weighted by atomic mass is 9.52. The average Bonchev–Trinajstić information content (AvgIpc) is 2.79. The quantitative estimate of drug-likeness (QED) is 0.726. The van der Waals surface area contributed by atoms with Gasteiger partial charge in [0.1, 0.15) is 0 Å². The topological polar surface area (TPSA) is 3.24 Å². The van der Waals surface area contributed by atoms with Crippen LogP contribution in [0.15, 0.2) is 0 Å². The summed E-state index contributed by atoms with van der Waals surface area (Å²) in [6.07, 6.45) is 15.4. The van der Waals surface area contributed by atoms with Crippen molar-refractivity contribution < 1.29 is 0 Å². The Labute approximate surface area is 112 Å². The van der Waals surface area contributed by atoms with E-state index in [0.717, 1.165) is 23.7 Å². The Kier molecular flexibility index (Phi) is 2.76. The van der Waals surface area contributed by atoms with Crippen LogP contribution in [0.2, 0.25) is 0 Å². The molecule has 0 aromatic heterocycles. The Balaban J connectivity index is 1.48. The monoisotopic (exact) mass is 247 g/mol. The van der Waals surface area contributed by atoms with Crippen LogP contribution < -0.4 is 0 Å². The fraction of sp³-hybridized carbons (Fsp3) is 1.00. The van der Waals surface area contributed by atoms with Gasteiger partial charge in [-0.15, -0.1) is 0 Å². The van der Waals surface area contributed by atoms with Gasteiger partial charge >= 0.3 is 0 Å². The van der Waals surface area contributed by atoms with E-state index < -0.39 is 0 Å². The Morgan fingerprint density at radius 1 is 0.889 bits per heavy atom. The molecule has 5 aliphatic carbocycles. The van der Waals surface area contributed by atoms with E-state index in [1.165, 1.54) is 32.2 Å². The zero-order valence-electron chi connectivity index (χ0n) is 12.0. The van der Waals surface area contributed by atoms with Gasteiger partial charge in [-0.3, -0.25) is 0 Å². The summed E-state index contributed by atoms with van der Waals surface area (Å²) in [5, 5.41) is 0. The first-order valence-electron chi connectivity index (χ1n) is 8.45. The van der Waals surface area contributed by atoms with Gasteiger partial charge in [-0.1, -0.05) is 12.8 Å². The lowest BCUT2D eigenvalue weighted by Crippen LogP contribution is -2.59. The summed E-state index contributed by atoms with van der Waals surface area (Å²) in [6.45, 7) is 1.41. The van der Waals surface area contributed by atoms with Crippen LogP contribution in [-0.4, -0.2) is 24.0 Å². The van der Waals surface area contributed by atoms with E-state index in [9.17, 15) is 0 Å². The Morgan fingerprint density at radius 3 is 1.89 bits per heavy atom. The van der Waals surface area contributed by atoms with E-state index in [0.29, 0.717) is 5.54 Å². The highest BCUT2D eigenvalue weighted by Gasteiger charge is 2.52. The van der Waals surface area contributed by atoms with Crippen molar-refractivity contribution in [2.45, 2.75) is 69.7 Å². The largest absolute Gasteiger partial charge is 0.300 e. The van der Waals surface area contributed by atoms with Gasteiger partial charge < -0.3 is 4.90 Å². The first-order chi connectivity index (χ1) is 8.73. The molecule has 0 N–H and O–H groups in total. The molecule has 0 saturated heterocycles. The highest BCUT2D eigenvalue weighted by Crippen LogP contribution is 2.57. The first kappa shape index (κ1) is 11.8. The van der Waals surface area contributed by atoms with Crippen molar-refractivity contribution in [1.29, 1.82) is 0 Å². The van der Waals surface area contributed by atoms with Gasteiger partial charge in [0.2, 0.25) is 0 Å². The summed E-state index contributed by atoms with van der Waals surface area (Å²) < 4.78 is 0. The standard InChI is InChI=1S/C17H29N/c1-18(12-13-4-2-3-5-13)17-9-14-6-15(10-17)8-16(7-14)11-17/h13-16H,2-12H2,1H3. The second-order valence-electron chi connectivity index (χ2n) is 8.17. The molecule has 5 aliphatic rings. The summed E-state index contributed by atoms with van der Waals surface area (Å²) in [5.74, 6) is 4.33. The van der Waals surface area contributed by atoms with Crippen LogP contribution in [0.5, 0.6) is 0 Å². The number of nitrogens with zero attached hydrogens (tertiary/aromatic N) is 1. The molecule has 0 aromatic carbocycles. The van der Waals surface area contributed by atoms with Crippen LogP contribution in [0.3, 0.4) is 0 Å². The molecule has 5 rings (SSSR count). The zero-order chi connectivity index (χ0) is 12.2. The van der Waals surface area contributed by atoms with Crippen molar-refractivity contribution >= 4 is 0 Å². The normalized spacial score (nSPS) is 47.3. The fourth-order valence-electron chi connectivity index (χ4n) is 6.31. The zero-order valence-corrected chi connectivity index (χ0v) is 12.0. The van der Waals surface area contributed by atoms with Crippen LogP contribution in [-0.2, 0) is 0 Å². The van der Waals surface area contributed by atoms with E-state index in [1.54, 1.807) is 38.5 Å². The van der Waals surface area contributed by atoms with Crippen LogP contribution in [0, 0.1) is 23.7 Å². The molecule has 0 heterocycles. The first-order valence-corrected chi connectivity index (χ1v) is 8.45. The molecule has 5 fully saturated rings. The summed E-state index contributed by atoms with van der Waals surface area (Å²) in [4.78, 5) is 2.84. The van der Waals surface area contributed by atoms with E-state index in [2.05, 4.69) is 11.9 Å². The molecule has 0 amide bonds. The Hall–Kier alpha value is -0.0400. The third kappa shape index (κ3) is 1.85.